The maximum Gasteiger partial charge on any atom is 0.337 e. The Bertz CT molecular complexity index is 908. The maximum atomic E-state index is 11.9. The molecule has 0 saturated heterocycles. The van der Waals surface area contributed by atoms with Gasteiger partial charge in [-0.2, -0.15) is 4.99 Å². The third-order valence-electron chi connectivity index (χ3n) is 4.86. The predicted molar refractivity (Wildman–Crippen MR) is 94.6 cm³/mol. The van der Waals surface area contributed by atoms with Crippen molar-refractivity contribution in [2.24, 2.45) is 21.5 Å². The second-order valence-corrected chi connectivity index (χ2v) is 6.41. The lowest BCUT2D eigenvalue weighted by atomic mass is 9.87. The molecule has 6 N–H and O–H groups in total. The van der Waals surface area contributed by atoms with Gasteiger partial charge in [0.1, 0.15) is 5.66 Å². The number of nitrogens with two attached hydrogens (primary N) is 2. The number of guanidine groups is 2. The van der Waals surface area contributed by atoms with Crippen molar-refractivity contribution in [1.29, 1.82) is 0 Å². The number of nitrogens with one attached hydrogen (secondary N) is 1. The van der Waals surface area contributed by atoms with Crippen LogP contribution in [0, 0.1) is 0 Å². The molecule has 1 saturated carbocycles. The first kappa shape index (κ1) is 15.4. The van der Waals surface area contributed by atoms with E-state index in [1.807, 2.05) is 0 Å². The Morgan fingerprint density at radius 3 is 2.72 bits per heavy atom. The lowest BCUT2D eigenvalue weighted by Gasteiger charge is -2.45. The van der Waals surface area contributed by atoms with E-state index >= 15 is 0 Å². The molecule has 4 rings (SSSR count). The zero-order valence-electron chi connectivity index (χ0n) is 13.6. The van der Waals surface area contributed by atoms with Gasteiger partial charge < -0.3 is 21.6 Å². The van der Waals surface area contributed by atoms with E-state index in [0.717, 1.165) is 32.1 Å². The number of carbonyl (C=O) groups is 1. The van der Waals surface area contributed by atoms with Crippen LogP contribution in [0.3, 0.4) is 0 Å². The average Bonchev–Trinajstić information content (AvgIpc) is 3.01. The second-order valence-electron chi connectivity index (χ2n) is 6.41. The van der Waals surface area contributed by atoms with E-state index in [1.54, 1.807) is 17.0 Å². The standard InChI is InChI=1S/C16H19N7O2/c17-14-21-15(18)23(16(22-14)4-2-1-3-5-16)12-7-11-10(19-8-20-11)6-9(12)13(24)25/h6-8H,1-5H2,(H,19,20)(H,24,25)(H4,17,18,21,22). The summed E-state index contributed by atoms with van der Waals surface area (Å²) in [6.45, 7) is 0. The number of aliphatic imine (C=N–C) groups is 2. The van der Waals surface area contributed by atoms with Crippen LogP contribution < -0.4 is 16.4 Å². The highest BCUT2D eigenvalue weighted by molar-refractivity contribution is 6.10. The number of anilines is 1. The highest BCUT2D eigenvalue weighted by Gasteiger charge is 2.43. The molecule has 1 aromatic heterocycles. The van der Waals surface area contributed by atoms with Crippen LogP contribution in [0.2, 0.25) is 0 Å². The summed E-state index contributed by atoms with van der Waals surface area (Å²) < 4.78 is 0. The van der Waals surface area contributed by atoms with Gasteiger partial charge in [0, 0.05) is 0 Å². The normalized spacial score (nSPS) is 19.8. The lowest BCUT2D eigenvalue weighted by molar-refractivity contribution is 0.0697. The number of H-pyrrole nitrogens is 1. The number of hydrogen-bond acceptors (Lipinski definition) is 7. The summed E-state index contributed by atoms with van der Waals surface area (Å²) in [4.78, 5) is 29.4. The fourth-order valence-electron chi connectivity index (χ4n) is 3.80. The molecule has 0 bridgehead atoms. The van der Waals surface area contributed by atoms with Crippen LogP contribution in [0.5, 0.6) is 0 Å². The summed E-state index contributed by atoms with van der Waals surface area (Å²) in [5.74, 6) is -0.757. The van der Waals surface area contributed by atoms with E-state index in [-0.39, 0.29) is 17.5 Å². The van der Waals surface area contributed by atoms with Gasteiger partial charge >= 0.3 is 5.97 Å². The van der Waals surface area contributed by atoms with Gasteiger partial charge in [0.2, 0.25) is 11.9 Å². The highest BCUT2D eigenvalue weighted by Crippen LogP contribution is 2.41. The number of hydrogen-bond donors (Lipinski definition) is 4. The van der Waals surface area contributed by atoms with Gasteiger partial charge in [0.05, 0.1) is 28.6 Å². The molecule has 130 valence electrons. The lowest BCUT2D eigenvalue weighted by Crippen LogP contribution is -2.58. The first-order valence-corrected chi connectivity index (χ1v) is 8.20. The van der Waals surface area contributed by atoms with Crippen molar-refractivity contribution >= 4 is 34.6 Å². The fourth-order valence-corrected chi connectivity index (χ4v) is 3.80. The Kier molecular flexibility index (Phi) is 3.38. The topological polar surface area (TPSA) is 146 Å². The molecule has 1 aliphatic carbocycles. The first-order chi connectivity index (χ1) is 12.0. The Morgan fingerprint density at radius 2 is 2.00 bits per heavy atom. The summed E-state index contributed by atoms with van der Waals surface area (Å²) in [5, 5.41) is 9.72. The SMILES string of the molecule is NC1=NC2(CCCCC2)N(c2cc3nc[nH]c3cc2C(=O)O)C(N)=N1. The van der Waals surface area contributed by atoms with Gasteiger partial charge in [-0.05, 0) is 37.8 Å². The minimum Gasteiger partial charge on any atom is -0.478 e. The van der Waals surface area contributed by atoms with Crippen molar-refractivity contribution in [1.82, 2.24) is 9.97 Å². The first-order valence-electron chi connectivity index (χ1n) is 8.20. The number of aromatic amines is 1. The fraction of sp³-hybridized carbons (Fsp3) is 0.375. The smallest absolute Gasteiger partial charge is 0.337 e. The number of aromatic carboxylic acids is 1. The summed E-state index contributed by atoms with van der Waals surface area (Å²) in [6.07, 6.45) is 6.04. The van der Waals surface area contributed by atoms with E-state index in [9.17, 15) is 9.90 Å². The zero-order chi connectivity index (χ0) is 17.6. The van der Waals surface area contributed by atoms with Crippen LogP contribution in [-0.4, -0.2) is 38.6 Å². The zero-order valence-corrected chi connectivity index (χ0v) is 13.6. The summed E-state index contributed by atoms with van der Waals surface area (Å²) >= 11 is 0. The minimum absolute atomic E-state index is 0.121. The molecule has 9 heteroatoms. The molecule has 25 heavy (non-hydrogen) atoms. The van der Waals surface area contributed by atoms with E-state index < -0.39 is 11.6 Å². The van der Waals surface area contributed by atoms with Crippen molar-refractivity contribution in [3.63, 3.8) is 0 Å². The Balaban J connectivity index is 1.94. The Labute approximate surface area is 143 Å². The van der Waals surface area contributed by atoms with E-state index in [4.69, 9.17) is 11.5 Å². The largest absolute Gasteiger partial charge is 0.478 e. The number of benzene rings is 1. The molecule has 2 heterocycles. The summed E-state index contributed by atoms with van der Waals surface area (Å²) in [5.41, 5.74) is 13.2. The van der Waals surface area contributed by atoms with Gasteiger partial charge in [-0.1, -0.05) is 6.42 Å². The molecule has 9 nitrogen and oxygen atoms in total. The van der Waals surface area contributed by atoms with Crippen LogP contribution >= 0.6 is 0 Å². The number of carboxylic acid groups (broad SMARTS) is 1. The van der Waals surface area contributed by atoms with Gasteiger partial charge in [-0.15, -0.1) is 0 Å². The highest BCUT2D eigenvalue weighted by atomic mass is 16.4. The monoisotopic (exact) mass is 341 g/mol. The second kappa shape index (κ2) is 5.47. The Morgan fingerprint density at radius 1 is 1.24 bits per heavy atom. The number of imidazole rings is 1. The van der Waals surface area contributed by atoms with Crippen LogP contribution in [0.15, 0.2) is 28.4 Å². The molecule has 1 aliphatic heterocycles. The third kappa shape index (κ3) is 2.39. The van der Waals surface area contributed by atoms with Gasteiger partial charge in [-0.25, -0.2) is 14.8 Å². The van der Waals surface area contributed by atoms with E-state index in [1.165, 1.54) is 6.33 Å². The number of aromatic nitrogens is 2. The molecule has 2 aliphatic rings. The molecule has 0 unspecified atom stereocenters. The number of fused-ring (bicyclic) bond motifs is 1. The van der Waals surface area contributed by atoms with Crippen molar-refractivity contribution in [3.8, 4) is 0 Å². The quantitative estimate of drug-likeness (QED) is 0.649. The number of nitrogens with zero attached hydrogens (tertiary/aromatic N) is 4. The third-order valence-corrected chi connectivity index (χ3v) is 4.86. The summed E-state index contributed by atoms with van der Waals surface area (Å²) in [7, 11) is 0. The van der Waals surface area contributed by atoms with Crippen LogP contribution in [0.1, 0.15) is 42.5 Å². The molecular formula is C16H19N7O2. The van der Waals surface area contributed by atoms with Gasteiger partial charge in [-0.3, -0.25) is 4.90 Å². The van der Waals surface area contributed by atoms with Crippen molar-refractivity contribution in [2.45, 2.75) is 37.8 Å². The van der Waals surface area contributed by atoms with Crippen LogP contribution in [0.4, 0.5) is 5.69 Å². The number of carboxylic acids is 1. The molecule has 0 amide bonds. The van der Waals surface area contributed by atoms with Crippen molar-refractivity contribution in [2.75, 3.05) is 4.90 Å². The van der Waals surface area contributed by atoms with Crippen LogP contribution in [-0.2, 0) is 0 Å². The molecule has 2 aromatic rings. The van der Waals surface area contributed by atoms with E-state index in [0.29, 0.717) is 16.7 Å². The Hall–Kier alpha value is -3.10. The van der Waals surface area contributed by atoms with E-state index in [2.05, 4.69) is 20.0 Å². The predicted octanol–water partition coefficient (Wildman–Crippen LogP) is 1.37. The molecule has 1 spiro atoms. The number of rotatable bonds is 2. The maximum absolute atomic E-state index is 11.9. The molecule has 1 fully saturated rings. The molecule has 0 atom stereocenters. The van der Waals surface area contributed by atoms with Gasteiger partial charge in [0.15, 0.2) is 0 Å². The van der Waals surface area contributed by atoms with Crippen molar-refractivity contribution < 1.29 is 9.90 Å². The molecule has 0 radical (unpaired) electrons. The molecular weight excluding hydrogens is 322 g/mol. The molecule has 1 aromatic carbocycles. The van der Waals surface area contributed by atoms with Gasteiger partial charge in [0.25, 0.3) is 0 Å². The average molecular weight is 341 g/mol. The van der Waals surface area contributed by atoms with Crippen LogP contribution in [0.25, 0.3) is 11.0 Å². The summed E-state index contributed by atoms with van der Waals surface area (Å²) in [6, 6.07) is 3.27. The van der Waals surface area contributed by atoms with Crippen molar-refractivity contribution in [3.05, 3.63) is 24.0 Å². The minimum atomic E-state index is -1.05.